The Morgan fingerprint density at radius 3 is 2.41 bits per heavy atom. The number of ether oxygens (including phenoxy) is 1. The molecule has 17 heavy (non-hydrogen) atoms. The first-order valence-electron chi connectivity index (χ1n) is 4.79. The molecule has 2 N–H and O–H groups in total. The molecule has 1 aromatic rings. The minimum Gasteiger partial charge on any atom is -0.506 e. The zero-order valence-electron chi connectivity index (χ0n) is 9.93. The van der Waals surface area contributed by atoms with Crippen LogP contribution in [0.4, 0.5) is 0 Å². The van der Waals surface area contributed by atoms with E-state index in [0.29, 0.717) is 11.4 Å². The molecule has 0 spiro atoms. The molecule has 94 valence electrons. The van der Waals surface area contributed by atoms with Gasteiger partial charge < -0.3 is 14.9 Å². The van der Waals surface area contributed by atoms with Crippen molar-refractivity contribution >= 4 is 12.4 Å². The van der Waals surface area contributed by atoms with Gasteiger partial charge in [0.1, 0.15) is 5.75 Å². The quantitative estimate of drug-likeness (QED) is 0.765. The summed E-state index contributed by atoms with van der Waals surface area (Å²) in [5.74, 6) is -0.835. The highest BCUT2D eigenvalue weighted by molar-refractivity contribution is 5.69. The van der Waals surface area contributed by atoms with E-state index < -0.39 is 12.6 Å². The van der Waals surface area contributed by atoms with Gasteiger partial charge in [-0.05, 0) is 32.4 Å². The second kappa shape index (κ2) is 7.21. The molecule has 0 amide bonds. The molecule has 1 aromatic heterocycles. The van der Waals surface area contributed by atoms with Crippen LogP contribution in [-0.4, -0.2) is 34.2 Å². The number of aromatic hydroxyl groups is 1. The number of pyridine rings is 1. The number of aromatic nitrogens is 1. The molecule has 0 fully saturated rings. The molecule has 6 nitrogen and oxygen atoms in total. The fourth-order valence-corrected chi connectivity index (χ4v) is 1.12. The van der Waals surface area contributed by atoms with Crippen molar-refractivity contribution in [2.75, 3.05) is 6.61 Å². The van der Waals surface area contributed by atoms with Gasteiger partial charge >= 0.3 is 5.97 Å². The van der Waals surface area contributed by atoms with Gasteiger partial charge in [-0.2, -0.15) is 0 Å². The van der Waals surface area contributed by atoms with Crippen molar-refractivity contribution in [3.05, 3.63) is 23.0 Å². The first kappa shape index (κ1) is 14.9. The van der Waals surface area contributed by atoms with Crippen molar-refractivity contribution in [2.45, 2.75) is 20.8 Å². The summed E-state index contributed by atoms with van der Waals surface area (Å²) in [5, 5.41) is 17.0. The predicted octanol–water partition coefficient (Wildman–Crippen LogP) is 0.956. The van der Waals surface area contributed by atoms with Crippen LogP contribution in [0.5, 0.6) is 5.75 Å². The lowest BCUT2D eigenvalue weighted by atomic mass is 10.2. The monoisotopic (exact) mass is 241 g/mol. The molecule has 0 aliphatic rings. The maximum Gasteiger partial charge on any atom is 0.341 e. The highest BCUT2D eigenvalue weighted by Crippen LogP contribution is 2.18. The molecule has 0 saturated carbocycles. The number of carboxylic acid groups (broad SMARTS) is 1. The lowest BCUT2D eigenvalue weighted by Gasteiger charge is -2.02. The van der Waals surface area contributed by atoms with E-state index in [1.165, 1.54) is 0 Å². The normalized spacial score (nSPS) is 8.88. The molecule has 0 atom stereocenters. The largest absolute Gasteiger partial charge is 0.506 e. The molecule has 0 saturated heterocycles. The van der Waals surface area contributed by atoms with E-state index in [-0.39, 0.29) is 6.47 Å². The van der Waals surface area contributed by atoms with E-state index in [0.717, 1.165) is 11.3 Å². The Balaban J connectivity index is 0.000000325. The number of hydrogen-bond donors (Lipinski definition) is 2. The Kier molecular flexibility index (Phi) is 6.32. The summed E-state index contributed by atoms with van der Waals surface area (Å²) in [6, 6.07) is 1.86. The number of carboxylic acids is 1. The number of hydrogen-bond acceptors (Lipinski definition) is 5. The van der Waals surface area contributed by atoms with Crippen LogP contribution in [-0.2, 0) is 14.3 Å². The number of aryl methyl sites for hydroxylation is 3. The molecule has 0 bridgehead atoms. The molecule has 6 heteroatoms. The van der Waals surface area contributed by atoms with E-state index in [1.54, 1.807) is 6.92 Å². The van der Waals surface area contributed by atoms with Crippen molar-refractivity contribution in [3.63, 3.8) is 0 Å². The molecular weight excluding hydrogens is 226 g/mol. The Morgan fingerprint density at radius 2 is 2.06 bits per heavy atom. The first-order chi connectivity index (χ1) is 7.88. The number of nitrogens with zero attached hydrogens (tertiary/aromatic N) is 1. The van der Waals surface area contributed by atoms with Crippen molar-refractivity contribution in [1.29, 1.82) is 0 Å². The van der Waals surface area contributed by atoms with Crippen molar-refractivity contribution in [3.8, 4) is 5.75 Å². The van der Waals surface area contributed by atoms with E-state index in [9.17, 15) is 14.7 Å². The lowest BCUT2D eigenvalue weighted by Crippen LogP contribution is -2.04. The Hall–Kier alpha value is -2.11. The van der Waals surface area contributed by atoms with Crippen LogP contribution in [0, 0.1) is 20.8 Å². The van der Waals surface area contributed by atoms with Crippen molar-refractivity contribution in [1.82, 2.24) is 4.98 Å². The maximum absolute atomic E-state index is 9.47. The summed E-state index contributed by atoms with van der Waals surface area (Å²) < 4.78 is 3.81. The van der Waals surface area contributed by atoms with Gasteiger partial charge in [-0.1, -0.05) is 0 Å². The van der Waals surface area contributed by atoms with Gasteiger partial charge in [0.05, 0.1) is 5.69 Å². The fraction of sp³-hybridized carbons (Fsp3) is 0.364. The third-order valence-electron chi connectivity index (χ3n) is 1.76. The highest BCUT2D eigenvalue weighted by Gasteiger charge is 2.00. The molecule has 0 aliphatic heterocycles. The number of aliphatic carboxylic acids is 1. The summed E-state index contributed by atoms with van der Waals surface area (Å²) in [6.45, 7) is 5.13. The smallest absolute Gasteiger partial charge is 0.341 e. The molecule has 1 heterocycles. The van der Waals surface area contributed by atoms with Crippen molar-refractivity contribution < 1.29 is 24.5 Å². The molecule has 0 aliphatic carbocycles. The van der Waals surface area contributed by atoms with Crippen LogP contribution in [0.25, 0.3) is 0 Å². The van der Waals surface area contributed by atoms with Gasteiger partial charge in [0, 0.05) is 5.69 Å². The Bertz CT molecular complexity index is 380. The van der Waals surface area contributed by atoms with Gasteiger partial charge in [-0.3, -0.25) is 9.78 Å². The van der Waals surface area contributed by atoms with Crippen LogP contribution < -0.4 is 0 Å². The molecule has 0 aromatic carbocycles. The van der Waals surface area contributed by atoms with Gasteiger partial charge in [0.25, 0.3) is 6.47 Å². The van der Waals surface area contributed by atoms with Gasteiger partial charge in [-0.15, -0.1) is 0 Å². The Labute approximate surface area is 98.9 Å². The minimum absolute atomic E-state index is 0.0914. The van der Waals surface area contributed by atoms with E-state index >= 15 is 0 Å². The van der Waals surface area contributed by atoms with Crippen LogP contribution in [0.1, 0.15) is 17.0 Å². The van der Waals surface area contributed by atoms with E-state index in [1.807, 2.05) is 19.9 Å². The third-order valence-corrected chi connectivity index (χ3v) is 1.76. The van der Waals surface area contributed by atoms with Crippen molar-refractivity contribution in [2.24, 2.45) is 0 Å². The second-order valence-corrected chi connectivity index (χ2v) is 3.32. The Morgan fingerprint density at radius 1 is 1.47 bits per heavy atom. The number of carbonyl (C=O) groups is 2. The zero-order chi connectivity index (χ0) is 13.4. The fourth-order valence-electron chi connectivity index (χ4n) is 1.12. The summed E-state index contributed by atoms with van der Waals surface area (Å²) in [4.78, 5) is 22.8. The van der Waals surface area contributed by atoms with E-state index in [2.05, 4.69) is 9.72 Å². The lowest BCUT2D eigenvalue weighted by molar-refractivity contribution is -0.147. The van der Waals surface area contributed by atoms with Crippen LogP contribution in [0.3, 0.4) is 0 Å². The topological polar surface area (TPSA) is 96.7 Å². The van der Waals surface area contributed by atoms with E-state index in [4.69, 9.17) is 5.11 Å². The maximum atomic E-state index is 9.47. The number of carbonyl (C=O) groups excluding carboxylic acids is 1. The zero-order valence-corrected chi connectivity index (χ0v) is 9.93. The molecule has 0 unspecified atom stereocenters. The van der Waals surface area contributed by atoms with Crippen LogP contribution in [0.15, 0.2) is 6.07 Å². The standard InChI is InChI=1S/C8H11NO.C3H4O4/c1-5-4-6(2)9-7(3)8(5)10;4-2-7-1-3(5)6/h4,10H,1-3H3;2H,1H2,(H,5,6). The average Bonchev–Trinajstić information content (AvgIpc) is 2.23. The summed E-state index contributed by atoms with van der Waals surface area (Å²) >= 11 is 0. The van der Waals surface area contributed by atoms with Gasteiger partial charge in [-0.25, -0.2) is 4.79 Å². The molecule has 1 rings (SSSR count). The average molecular weight is 241 g/mol. The van der Waals surface area contributed by atoms with Gasteiger partial charge in [0.2, 0.25) is 0 Å². The summed E-state index contributed by atoms with van der Waals surface area (Å²) in [7, 11) is 0. The molecule has 0 radical (unpaired) electrons. The van der Waals surface area contributed by atoms with Gasteiger partial charge in [0.15, 0.2) is 6.61 Å². The molecular formula is C11H15NO5. The first-order valence-corrected chi connectivity index (χ1v) is 4.79. The second-order valence-electron chi connectivity index (χ2n) is 3.32. The van der Waals surface area contributed by atoms with Crippen LogP contribution in [0.2, 0.25) is 0 Å². The third kappa shape index (κ3) is 6.14. The summed E-state index contributed by atoms with van der Waals surface area (Å²) in [5.41, 5.74) is 2.55. The summed E-state index contributed by atoms with van der Waals surface area (Å²) in [6.07, 6.45) is 0. The minimum atomic E-state index is -1.15. The highest BCUT2D eigenvalue weighted by atomic mass is 16.5. The predicted molar refractivity (Wildman–Crippen MR) is 59.8 cm³/mol. The number of rotatable bonds is 3. The van der Waals surface area contributed by atoms with Crippen LogP contribution >= 0.6 is 0 Å². The SMILES string of the molecule is Cc1cc(C)c(O)c(C)n1.O=COCC(=O)O.